The standard InChI is InChI=1S/C13H19NO2/c1-2-3-11-16-13(15)9-10-14-12-7-5-4-6-8-12/h4-8,14H,2-3,9-11H2,1H3. The summed E-state index contributed by atoms with van der Waals surface area (Å²) in [5, 5.41) is 3.17. The molecule has 0 unspecified atom stereocenters. The lowest BCUT2D eigenvalue weighted by atomic mass is 10.3. The summed E-state index contributed by atoms with van der Waals surface area (Å²) in [6.07, 6.45) is 2.41. The smallest absolute Gasteiger partial charge is 0.307 e. The molecule has 1 aromatic carbocycles. The summed E-state index contributed by atoms with van der Waals surface area (Å²) in [7, 11) is 0. The van der Waals surface area contributed by atoms with E-state index in [-0.39, 0.29) is 5.97 Å². The van der Waals surface area contributed by atoms with E-state index in [1.807, 2.05) is 30.3 Å². The number of hydrogen-bond acceptors (Lipinski definition) is 3. The van der Waals surface area contributed by atoms with E-state index < -0.39 is 0 Å². The summed E-state index contributed by atoms with van der Waals surface area (Å²) >= 11 is 0. The zero-order valence-corrected chi connectivity index (χ0v) is 9.74. The maximum absolute atomic E-state index is 11.2. The van der Waals surface area contributed by atoms with Crippen LogP contribution in [0.1, 0.15) is 26.2 Å². The molecule has 3 nitrogen and oxygen atoms in total. The molecule has 0 atom stereocenters. The number of benzene rings is 1. The summed E-state index contributed by atoms with van der Waals surface area (Å²) in [4.78, 5) is 11.2. The molecule has 0 saturated heterocycles. The summed E-state index contributed by atoms with van der Waals surface area (Å²) in [5.74, 6) is -0.128. The van der Waals surface area contributed by atoms with E-state index in [2.05, 4.69) is 12.2 Å². The summed E-state index contributed by atoms with van der Waals surface area (Å²) in [6, 6.07) is 9.83. The van der Waals surface area contributed by atoms with Crippen LogP contribution in [0, 0.1) is 0 Å². The minimum atomic E-state index is -0.128. The van der Waals surface area contributed by atoms with Crippen LogP contribution in [0.3, 0.4) is 0 Å². The molecule has 0 radical (unpaired) electrons. The predicted molar refractivity (Wildman–Crippen MR) is 65.4 cm³/mol. The molecule has 16 heavy (non-hydrogen) atoms. The Balaban J connectivity index is 2.09. The monoisotopic (exact) mass is 221 g/mol. The van der Waals surface area contributed by atoms with Gasteiger partial charge in [-0.3, -0.25) is 4.79 Å². The van der Waals surface area contributed by atoms with Gasteiger partial charge < -0.3 is 10.1 Å². The Labute approximate surface area is 96.8 Å². The van der Waals surface area contributed by atoms with E-state index in [4.69, 9.17) is 4.74 Å². The van der Waals surface area contributed by atoms with E-state index >= 15 is 0 Å². The highest BCUT2D eigenvalue weighted by atomic mass is 16.5. The molecular formula is C13H19NO2. The molecule has 0 aliphatic carbocycles. The van der Waals surface area contributed by atoms with Crippen LogP contribution >= 0.6 is 0 Å². The molecule has 0 amide bonds. The van der Waals surface area contributed by atoms with E-state index in [1.165, 1.54) is 0 Å². The highest BCUT2D eigenvalue weighted by Crippen LogP contribution is 2.04. The first kappa shape index (κ1) is 12.6. The third kappa shape index (κ3) is 5.39. The number of anilines is 1. The van der Waals surface area contributed by atoms with Gasteiger partial charge in [-0.25, -0.2) is 0 Å². The molecule has 0 spiro atoms. The summed E-state index contributed by atoms with van der Waals surface area (Å²) in [6.45, 7) is 3.24. The Kier molecular flexibility index (Phi) is 6.07. The minimum absolute atomic E-state index is 0.128. The maximum Gasteiger partial charge on any atom is 0.307 e. The van der Waals surface area contributed by atoms with Crippen molar-refractivity contribution in [2.45, 2.75) is 26.2 Å². The zero-order valence-electron chi connectivity index (χ0n) is 9.74. The SMILES string of the molecule is CCCCOC(=O)CCNc1ccccc1. The molecule has 1 aromatic rings. The summed E-state index contributed by atoms with van der Waals surface area (Å²) in [5.41, 5.74) is 1.03. The van der Waals surface area contributed by atoms with Crippen LogP contribution in [0.5, 0.6) is 0 Å². The molecule has 0 heterocycles. The van der Waals surface area contributed by atoms with Crippen molar-refractivity contribution in [2.24, 2.45) is 0 Å². The van der Waals surface area contributed by atoms with E-state index in [9.17, 15) is 4.79 Å². The van der Waals surface area contributed by atoms with Gasteiger partial charge in [0.25, 0.3) is 0 Å². The average Bonchev–Trinajstić information content (AvgIpc) is 2.31. The van der Waals surface area contributed by atoms with Crippen molar-refractivity contribution in [3.63, 3.8) is 0 Å². The molecule has 1 N–H and O–H groups in total. The second kappa shape index (κ2) is 7.74. The maximum atomic E-state index is 11.2. The minimum Gasteiger partial charge on any atom is -0.466 e. The predicted octanol–water partition coefficient (Wildman–Crippen LogP) is 2.83. The van der Waals surface area contributed by atoms with Crippen LogP contribution < -0.4 is 5.32 Å². The van der Waals surface area contributed by atoms with Crippen LogP contribution in [0.15, 0.2) is 30.3 Å². The van der Waals surface area contributed by atoms with E-state index in [0.29, 0.717) is 19.6 Å². The largest absolute Gasteiger partial charge is 0.466 e. The van der Waals surface area contributed by atoms with Gasteiger partial charge in [0.05, 0.1) is 13.0 Å². The second-order valence-corrected chi connectivity index (χ2v) is 3.62. The van der Waals surface area contributed by atoms with Gasteiger partial charge in [-0.15, -0.1) is 0 Å². The normalized spacial score (nSPS) is 9.81. The van der Waals surface area contributed by atoms with Crippen molar-refractivity contribution < 1.29 is 9.53 Å². The van der Waals surface area contributed by atoms with Crippen LogP contribution in [-0.2, 0) is 9.53 Å². The first-order chi connectivity index (χ1) is 7.83. The first-order valence-electron chi connectivity index (χ1n) is 5.77. The number of nitrogens with one attached hydrogen (secondary N) is 1. The van der Waals surface area contributed by atoms with Crippen molar-refractivity contribution in [3.05, 3.63) is 30.3 Å². The second-order valence-electron chi connectivity index (χ2n) is 3.62. The number of hydrogen-bond donors (Lipinski definition) is 1. The van der Waals surface area contributed by atoms with Crippen LogP contribution in [0.25, 0.3) is 0 Å². The van der Waals surface area contributed by atoms with Crippen molar-refractivity contribution >= 4 is 11.7 Å². The lowest BCUT2D eigenvalue weighted by molar-refractivity contribution is -0.143. The van der Waals surface area contributed by atoms with Gasteiger partial charge in [-0.05, 0) is 18.6 Å². The Morgan fingerprint density at radius 2 is 2.06 bits per heavy atom. The topological polar surface area (TPSA) is 38.3 Å². The molecule has 0 aliphatic rings. The Morgan fingerprint density at radius 3 is 2.75 bits per heavy atom. The summed E-state index contributed by atoms with van der Waals surface area (Å²) < 4.78 is 5.04. The van der Waals surface area contributed by atoms with Crippen LogP contribution in [0.4, 0.5) is 5.69 Å². The fraction of sp³-hybridized carbons (Fsp3) is 0.462. The molecule has 1 rings (SSSR count). The molecular weight excluding hydrogens is 202 g/mol. The van der Waals surface area contributed by atoms with Crippen molar-refractivity contribution in [1.29, 1.82) is 0 Å². The number of ether oxygens (including phenoxy) is 1. The van der Waals surface area contributed by atoms with Crippen LogP contribution in [-0.4, -0.2) is 19.1 Å². The van der Waals surface area contributed by atoms with Gasteiger partial charge >= 0.3 is 5.97 Å². The third-order valence-electron chi connectivity index (χ3n) is 2.19. The Morgan fingerprint density at radius 1 is 1.31 bits per heavy atom. The van der Waals surface area contributed by atoms with Crippen LogP contribution in [0.2, 0.25) is 0 Å². The van der Waals surface area contributed by atoms with Gasteiger partial charge in [-0.2, -0.15) is 0 Å². The van der Waals surface area contributed by atoms with Crippen molar-refractivity contribution in [2.75, 3.05) is 18.5 Å². The number of carbonyl (C=O) groups is 1. The number of carbonyl (C=O) groups excluding carboxylic acids is 1. The number of esters is 1. The van der Waals surface area contributed by atoms with E-state index in [1.54, 1.807) is 0 Å². The fourth-order valence-corrected chi connectivity index (χ4v) is 1.27. The average molecular weight is 221 g/mol. The molecule has 3 heteroatoms. The molecule has 0 bridgehead atoms. The molecule has 0 aromatic heterocycles. The van der Waals surface area contributed by atoms with Crippen molar-refractivity contribution in [3.8, 4) is 0 Å². The number of rotatable bonds is 7. The third-order valence-corrected chi connectivity index (χ3v) is 2.19. The number of para-hydroxylation sites is 1. The zero-order chi connectivity index (χ0) is 11.6. The van der Waals surface area contributed by atoms with E-state index in [0.717, 1.165) is 18.5 Å². The molecule has 88 valence electrons. The Bertz CT molecular complexity index is 298. The molecule has 0 aliphatic heterocycles. The van der Waals surface area contributed by atoms with Crippen molar-refractivity contribution in [1.82, 2.24) is 0 Å². The van der Waals surface area contributed by atoms with Gasteiger partial charge in [0.1, 0.15) is 0 Å². The van der Waals surface area contributed by atoms with Gasteiger partial charge in [0, 0.05) is 12.2 Å². The van der Waals surface area contributed by atoms with Gasteiger partial charge in [-0.1, -0.05) is 31.5 Å². The van der Waals surface area contributed by atoms with Gasteiger partial charge in [0.15, 0.2) is 0 Å². The van der Waals surface area contributed by atoms with Gasteiger partial charge in [0.2, 0.25) is 0 Å². The molecule has 0 fully saturated rings. The lowest BCUT2D eigenvalue weighted by Gasteiger charge is -2.06. The number of unbranched alkanes of at least 4 members (excludes halogenated alkanes) is 1. The quantitative estimate of drug-likeness (QED) is 0.568. The first-order valence-corrected chi connectivity index (χ1v) is 5.77. The lowest BCUT2D eigenvalue weighted by Crippen LogP contribution is -2.12. The highest BCUT2D eigenvalue weighted by Gasteiger charge is 2.01. The molecule has 0 saturated carbocycles. The Hall–Kier alpha value is -1.51. The fourth-order valence-electron chi connectivity index (χ4n) is 1.27. The highest BCUT2D eigenvalue weighted by molar-refractivity contribution is 5.70.